The summed E-state index contributed by atoms with van der Waals surface area (Å²) in [4.78, 5) is 50.7. The fourth-order valence-corrected chi connectivity index (χ4v) is 7.90. The Balaban J connectivity index is 1.36. The van der Waals surface area contributed by atoms with E-state index >= 15 is 0 Å². The Kier molecular flexibility index (Phi) is 10.1. The Bertz CT molecular complexity index is 1560. The highest BCUT2D eigenvalue weighted by Gasteiger charge is 2.55. The van der Waals surface area contributed by atoms with E-state index in [0.717, 1.165) is 72.1 Å². The van der Waals surface area contributed by atoms with Crippen LogP contribution >= 0.6 is 0 Å². The quantitative estimate of drug-likeness (QED) is 0.162. The molecule has 0 N–H and O–H groups in total. The number of hydrogen-bond donors (Lipinski definition) is 0. The van der Waals surface area contributed by atoms with Gasteiger partial charge in [0.25, 0.3) is 0 Å². The number of esters is 2. The zero-order valence-corrected chi connectivity index (χ0v) is 30.0. The van der Waals surface area contributed by atoms with Crippen molar-refractivity contribution in [3.8, 4) is 0 Å². The average molecular weight is 661 g/mol. The van der Waals surface area contributed by atoms with Crippen LogP contribution in [-0.2, 0) is 38.1 Å². The van der Waals surface area contributed by atoms with Gasteiger partial charge in [0.05, 0.1) is 0 Å². The van der Waals surface area contributed by atoms with Gasteiger partial charge in [-0.2, -0.15) is 0 Å². The van der Waals surface area contributed by atoms with Crippen LogP contribution in [0.3, 0.4) is 0 Å². The van der Waals surface area contributed by atoms with Crippen molar-refractivity contribution in [3.05, 3.63) is 69.8 Å². The number of carbonyl (C=O) groups excluding carboxylic acids is 4. The highest BCUT2D eigenvalue weighted by Crippen LogP contribution is 2.57. The molecule has 0 radical (unpaired) electrons. The molecule has 4 heterocycles. The standard InChI is InChI=1S/C40H52O8/c1-24(15-29-17-26(3)19-34(42)45-29)11-9-13-28-22-40(33-21-32(41)38(5,6)47-33,23-31-36(28)48-39(7,8)37(31)44)14-10-12-25(2)16-30-18-27(4)20-35(43)46-30/h15-16,19-21,28-30H,9-14,17-18,22-23H2,1-8H3. The second kappa shape index (κ2) is 13.7. The van der Waals surface area contributed by atoms with Gasteiger partial charge in [0.15, 0.2) is 11.2 Å². The summed E-state index contributed by atoms with van der Waals surface area (Å²) in [5, 5.41) is 0. The normalized spacial score (nSPS) is 30.2. The Hall–Kier alpha value is -3.68. The van der Waals surface area contributed by atoms with Gasteiger partial charge in [0, 0.05) is 48.0 Å². The molecule has 4 aliphatic heterocycles. The van der Waals surface area contributed by atoms with Crippen LogP contribution in [0.4, 0.5) is 0 Å². The third-order valence-corrected chi connectivity index (χ3v) is 10.4. The molecule has 0 spiro atoms. The maximum atomic E-state index is 13.8. The fourth-order valence-electron chi connectivity index (χ4n) is 7.90. The van der Waals surface area contributed by atoms with Crippen LogP contribution in [0.15, 0.2) is 69.8 Å². The molecule has 0 saturated carbocycles. The van der Waals surface area contributed by atoms with Crippen molar-refractivity contribution in [2.24, 2.45) is 11.3 Å². The summed E-state index contributed by atoms with van der Waals surface area (Å²) in [6, 6.07) is 0. The molecular formula is C40H52O8. The number of cyclic esters (lactones) is 2. The van der Waals surface area contributed by atoms with Gasteiger partial charge in [-0.3, -0.25) is 9.59 Å². The molecule has 0 aromatic rings. The zero-order valence-electron chi connectivity index (χ0n) is 30.0. The van der Waals surface area contributed by atoms with Crippen molar-refractivity contribution in [3.63, 3.8) is 0 Å². The van der Waals surface area contributed by atoms with Crippen LogP contribution in [0.25, 0.3) is 0 Å². The molecule has 4 atom stereocenters. The van der Waals surface area contributed by atoms with Crippen molar-refractivity contribution in [1.82, 2.24) is 0 Å². The Labute approximate surface area is 285 Å². The maximum absolute atomic E-state index is 13.8. The Morgan fingerprint density at radius 2 is 1.35 bits per heavy atom. The second-order valence-electron chi connectivity index (χ2n) is 15.7. The van der Waals surface area contributed by atoms with E-state index in [2.05, 4.69) is 19.9 Å². The van der Waals surface area contributed by atoms with Gasteiger partial charge >= 0.3 is 11.9 Å². The molecule has 0 aromatic carbocycles. The molecular weight excluding hydrogens is 608 g/mol. The lowest BCUT2D eigenvalue weighted by Gasteiger charge is -2.42. The van der Waals surface area contributed by atoms with Gasteiger partial charge < -0.3 is 18.9 Å². The minimum absolute atomic E-state index is 0.00740. The average Bonchev–Trinajstić information content (AvgIpc) is 3.37. The molecule has 0 bridgehead atoms. The number of allylic oxidation sites excluding steroid dienone is 4. The third-order valence-electron chi connectivity index (χ3n) is 10.4. The van der Waals surface area contributed by atoms with E-state index in [1.165, 1.54) is 0 Å². The largest absolute Gasteiger partial charge is 0.483 e. The van der Waals surface area contributed by atoms with Crippen molar-refractivity contribution in [2.75, 3.05) is 0 Å². The van der Waals surface area contributed by atoms with Crippen molar-refractivity contribution in [2.45, 2.75) is 143 Å². The monoisotopic (exact) mass is 660 g/mol. The lowest BCUT2D eigenvalue weighted by molar-refractivity contribution is -0.143. The first kappa shape index (κ1) is 35.6. The number of ether oxygens (including phenoxy) is 4. The van der Waals surface area contributed by atoms with E-state index in [1.54, 1.807) is 32.1 Å². The van der Waals surface area contributed by atoms with Crippen molar-refractivity contribution >= 4 is 23.5 Å². The molecule has 5 rings (SSSR count). The molecule has 48 heavy (non-hydrogen) atoms. The Morgan fingerprint density at radius 3 is 1.88 bits per heavy atom. The van der Waals surface area contributed by atoms with Gasteiger partial charge in [-0.15, -0.1) is 0 Å². The van der Waals surface area contributed by atoms with E-state index in [0.29, 0.717) is 31.4 Å². The van der Waals surface area contributed by atoms with Crippen molar-refractivity contribution < 1.29 is 38.1 Å². The zero-order chi connectivity index (χ0) is 35.0. The third kappa shape index (κ3) is 7.95. The summed E-state index contributed by atoms with van der Waals surface area (Å²) in [5.74, 6) is 0.811. The number of rotatable bonds is 11. The summed E-state index contributed by atoms with van der Waals surface area (Å²) >= 11 is 0. The Morgan fingerprint density at radius 1 is 0.792 bits per heavy atom. The highest BCUT2D eigenvalue weighted by molar-refractivity contribution is 6.04. The summed E-state index contributed by atoms with van der Waals surface area (Å²) in [6.45, 7) is 15.3. The minimum Gasteiger partial charge on any atom is -0.483 e. The first-order chi connectivity index (χ1) is 22.5. The van der Waals surface area contributed by atoms with Crippen LogP contribution in [0.2, 0.25) is 0 Å². The molecule has 4 unspecified atom stereocenters. The van der Waals surface area contributed by atoms with E-state index in [4.69, 9.17) is 18.9 Å². The highest BCUT2D eigenvalue weighted by atomic mass is 16.5. The lowest BCUT2D eigenvalue weighted by atomic mass is 9.64. The molecule has 0 fully saturated rings. The molecule has 0 amide bonds. The smallest absolute Gasteiger partial charge is 0.331 e. The second-order valence-corrected chi connectivity index (χ2v) is 15.7. The lowest BCUT2D eigenvalue weighted by Crippen LogP contribution is -2.36. The first-order valence-corrected chi connectivity index (χ1v) is 17.5. The van der Waals surface area contributed by atoms with Crippen LogP contribution in [0.5, 0.6) is 0 Å². The van der Waals surface area contributed by atoms with Crippen LogP contribution < -0.4 is 0 Å². The summed E-state index contributed by atoms with van der Waals surface area (Å²) in [5.41, 5.74) is 2.63. The predicted octanol–water partition coefficient (Wildman–Crippen LogP) is 8.03. The molecule has 0 aromatic heterocycles. The van der Waals surface area contributed by atoms with Gasteiger partial charge in [0.1, 0.15) is 23.7 Å². The number of ketones is 2. The minimum atomic E-state index is -0.952. The fraction of sp³-hybridized carbons (Fsp3) is 0.600. The topological polar surface area (TPSA) is 105 Å². The first-order valence-electron chi connectivity index (χ1n) is 17.5. The molecule has 0 saturated heterocycles. The summed E-state index contributed by atoms with van der Waals surface area (Å²) in [7, 11) is 0. The van der Waals surface area contributed by atoms with E-state index in [-0.39, 0.29) is 41.6 Å². The predicted molar refractivity (Wildman–Crippen MR) is 182 cm³/mol. The van der Waals surface area contributed by atoms with E-state index in [1.807, 2.05) is 33.8 Å². The van der Waals surface area contributed by atoms with E-state index < -0.39 is 16.6 Å². The van der Waals surface area contributed by atoms with E-state index in [9.17, 15) is 19.2 Å². The number of carbonyl (C=O) groups is 4. The van der Waals surface area contributed by atoms with Gasteiger partial charge in [0.2, 0.25) is 11.6 Å². The number of Topliss-reactive ketones (excluding diaryl/α,β-unsaturated/α-hetero) is 1. The molecule has 8 heteroatoms. The molecule has 260 valence electrons. The SMILES string of the molecule is CC(=CC1CC(C)=CC(=O)O1)CCCC1CC(CCCC(C)=CC2CC(C)=CC(=O)O2)(C2=CC(=O)C(C)(C)O2)CC2=C1OC(C)(C)C2=O. The number of hydrogen-bond acceptors (Lipinski definition) is 8. The molecule has 5 aliphatic rings. The summed E-state index contributed by atoms with van der Waals surface area (Å²) in [6.07, 6.45) is 15.8. The molecule has 1 aliphatic carbocycles. The van der Waals surface area contributed by atoms with Gasteiger partial charge in [-0.1, -0.05) is 22.3 Å². The van der Waals surface area contributed by atoms with Crippen LogP contribution in [0.1, 0.15) is 120 Å². The van der Waals surface area contributed by atoms with Gasteiger partial charge in [-0.25, -0.2) is 9.59 Å². The molecule has 8 nitrogen and oxygen atoms in total. The summed E-state index contributed by atoms with van der Waals surface area (Å²) < 4.78 is 23.9. The maximum Gasteiger partial charge on any atom is 0.331 e. The van der Waals surface area contributed by atoms with Crippen molar-refractivity contribution in [1.29, 1.82) is 0 Å². The van der Waals surface area contributed by atoms with Gasteiger partial charge in [-0.05, 0) is 119 Å². The van der Waals surface area contributed by atoms with Crippen LogP contribution in [-0.4, -0.2) is 46.9 Å². The van der Waals surface area contributed by atoms with Crippen LogP contribution in [0, 0.1) is 11.3 Å².